The average molecular weight is 169 g/mol. The number of hydrogen-bond donors (Lipinski definition) is 2. The van der Waals surface area contributed by atoms with Crippen molar-refractivity contribution in [1.29, 1.82) is 0 Å². The molecule has 2 aliphatic heterocycles. The summed E-state index contributed by atoms with van der Waals surface area (Å²) in [7, 11) is 0. The van der Waals surface area contributed by atoms with E-state index in [4.69, 9.17) is 0 Å². The van der Waals surface area contributed by atoms with Crippen LogP contribution in [0.5, 0.6) is 0 Å². The van der Waals surface area contributed by atoms with Crippen molar-refractivity contribution in [1.82, 2.24) is 15.5 Å². The summed E-state index contributed by atoms with van der Waals surface area (Å²) in [6.07, 6.45) is 2.75. The summed E-state index contributed by atoms with van der Waals surface area (Å²) in [5.41, 5.74) is 0. The van der Waals surface area contributed by atoms with Crippen molar-refractivity contribution in [2.75, 3.05) is 39.3 Å². The Hall–Kier alpha value is -0.120. The highest BCUT2D eigenvalue weighted by molar-refractivity contribution is 4.79. The van der Waals surface area contributed by atoms with Gasteiger partial charge in [0.1, 0.15) is 0 Å². The molecule has 70 valence electrons. The average Bonchev–Trinajstić information content (AvgIpc) is 2.59. The van der Waals surface area contributed by atoms with Crippen LogP contribution < -0.4 is 10.6 Å². The molecule has 2 rings (SSSR count). The first-order chi connectivity index (χ1) is 5.95. The van der Waals surface area contributed by atoms with Gasteiger partial charge >= 0.3 is 0 Å². The minimum Gasteiger partial charge on any atom is -0.314 e. The second-order valence-corrected chi connectivity index (χ2v) is 3.84. The molecule has 1 atom stereocenters. The normalized spacial score (nSPS) is 32.5. The van der Waals surface area contributed by atoms with Crippen LogP contribution in [0.3, 0.4) is 0 Å². The van der Waals surface area contributed by atoms with Crippen LogP contribution in [0.25, 0.3) is 0 Å². The number of rotatable bonds is 2. The summed E-state index contributed by atoms with van der Waals surface area (Å²) in [4.78, 5) is 2.57. The molecule has 2 saturated heterocycles. The molecular formula is C9H19N3. The lowest BCUT2D eigenvalue weighted by Gasteiger charge is -2.29. The van der Waals surface area contributed by atoms with Crippen molar-refractivity contribution < 1.29 is 0 Å². The maximum atomic E-state index is 3.54. The molecule has 0 aromatic rings. The van der Waals surface area contributed by atoms with Gasteiger partial charge in [0.15, 0.2) is 0 Å². The van der Waals surface area contributed by atoms with E-state index in [1.54, 1.807) is 0 Å². The molecule has 0 radical (unpaired) electrons. The minimum atomic E-state index is 0.781. The van der Waals surface area contributed by atoms with Gasteiger partial charge in [-0.05, 0) is 19.4 Å². The molecule has 3 heteroatoms. The highest BCUT2D eigenvalue weighted by atomic mass is 15.2. The van der Waals surface area contributed by atoms with Gasteiger partial charge in [-0.1, -0.05) is 0 Å². The van der Waals surface area contributed by atoms with Gasteiger partial charge in [-0.2, -0.15) is 0 Å². The van der Waals surface area contributed by atoms with Gasteiger partial charge in [0.2, 0.25) is 0 Å². The molecule has 2 heterocycles. The first-order valence-corrected chi connectivity index (χ1v) is 5.11. The van der Waals surface area contributed by atoms with E-state index in [0.29, 0.717) is 0 Å². The Morgan fingerprint density at radius 2 is 2.00 bits per heavy atom. The Labute approximate surface area is 74.5 Å². The SMILES string of the molecule is C1CN[C@H](CN2CCNCC2)C1. The van der Waals surface area contributed by atoms with E-state index < -0.39 is 0 Å². The Kier molecular flexibility index (Phi) is 2.98. The van der Waals surface area contributed by atoms with Gasteiger partial charge in [-0.25, -0.2) is 0 Å². The molecule has 2 N–H and O–H groups in total. The molecule has 0 aliphatic carbocycles. The van der Waals surface area contributed by atoms with E-state index in [-0.39, 0.29) is 0 Å². The predicted octanol–water partition coefficient (Wildman–Crippen LogP) is -0.356. The third-order valence-corrected chi connectivity index (χ3v) is 2.85. The summed E-state index contributed by atoms with van der Waals surface area (Å²) in [5, 5.41) is 6.92. The Balaban J connectivity index is 1.69. The second-order valence-electron chi connectivity index (χ2n) is 3.84. The van der Waals surface area contributed by atoms with E-state index in [9.17, 15) is 0 Å². The van der Waals surface area contributed by atoms with Gasteiger partial charge in [-0.15, -0.1) is 0 Å². The highest BCUT2D eigenvalue weighted by Gasteiger charge is 2.18. The van der Waals surface area contributed by atoms with Crippen LogP contribution in [-0.4, -0.2) is 50.2 Å². The number of piperazine rings is 1. The monoisotopic (exact) mass is 169 g/mol. The van der Waals surface area contributed by atoms with Gasteiger partial charge in [0, 0.05) is 38.8 Å². The first-order valence-electron chi connectivity index (χ1n) is 5.11. The Morgan fingerprint density at radius 1 is 1.17 bits per heavy atom. The highest BCUT2D eigenvalue weighted by Crippen LogP contribution is 2.06. The van der Waals surface area contributed by atoms with Gasteiger partial charge in [-0.3, -0.25) is 4.90 Å². The van der Waals surface area contributed by atoms with Crippen LogP contribution in [-0.2, 0) is 0 Å². The zero-order valence-corrected chi connectivity index (χ0v) is 7.68. The van der Waals surface area contributed by atoms with Crippen molar-refractivity contribution in [3.63, 3.8) is 0 Å². The first kappa shape index (κ1) is 8.48. The fraction of sp³-hybridized carbons (Fsp3) is 1.00. The molecule has 0 unspecified atom stereocenters. The standard InChI is InChI=1S/C9H19N3/c1-2-9(11-3-1)8-12-6-4-10-5-7-12/h9-11H,1-8H2/t9-/m0/s1. The zero-order chi connectivity index (χ0) is 8.23. The summed E-state index contributed by atoms with van der Waals surface area (Å²) < 4.78 is 0. The molecule has 12 heavy (non-hydrogen) atoms. The number of nitrogens with zero attached hydrogens (tertiary/aromatic N) is 1. The van der Waals surface area contributed by atoms with Crippen molar-refractivity contribution in [3.8, 4) is 0 Å². The molecule has 2 aliphatic rings. The topological polar surface area (TPSA) is 27.3 Å². The molecular weight excluding hydrogens is 150 g/mol. The fourth-order valence-corrected chi connectivity index (χ4v) is 2.12. The maximum absolute atomic E-state index is 3.54. The maximum Gasteiger partial charge on any atom is 0.0195 e. The van der Waals surface area contributed by atoms with Crippen molar-refractivity contribution >= 4 is 0 Å². The summed E-state index contributed by atoms with van der Waals surface area (Å²) in [6.45, 7) is 7.31. The molecule has 3 nitrogen and oxygen atoms in total. The quantitative estimate of drug-likeness (QED) is 0.591. The zero-order valence-electron chi connectivity index (χ0n) is 7.68. The number of hydrogen-bond acceptors (Lipinski definition) is 3. The molecule has 0 aromatic heterocycles. The molecule has 0 aromatic carbocycles. The summed E-state index contributed by atoms with van der Waals surface area (Å²) in [6, 6.07) is 0.781. The van der Waals surface area contributed by atoms with Crippen LogP contribution in [0.1, 0.15) is 12.8 Å². The summed E-state index contributed by atoms with van der Waals surface area (Å²) >= 11 is 0. The molecule has 0 amide bonds. The molecule has 2 fully saturated rings. The second kappa shape index (κ2) is 4.21. The third kappa shape index (κ3) is 2.19. The van der Waals surface area contributed by atoms with E-state index in [0.717, 1.165) is 6.04 Å². The smallest absolute Gasteiger partial charge is 0.0195 e. The Bertz CT molecular complexity index is 126. The van der Waals surface area contributed by atoms with Gasteiger partial charge < -0.3 is 10.6 Å². The van der Waals surface area contributed by atoms with Gasteiger partial charge in [0.25, 0.3) is 0 Å². The van der Waals surface area contributed by atoms with Gasteiger partial charge in [0.05, 0.1) is 0 Å². The van der Waals surface area contributed by atoms with Crippen molar-refractivity contribution in [2.45, 2.75) is 18.9 Å². The van der Waals surface area contributed by atoms with Crippen molar-refractivity contribution in [2.24, 2.45) is 0 Å². The largest absolute Gasteiger partial charge is 0.314 e. The minimum absolute atomic E-state index is 0.781. The van der Waals surface area contributed by atoms with Crippen LogP contribution in [0, 0.1) is 0 Å². The number of nitrogens with one attached hydrogen (secondary N) is 2. The van der Waals surface area contributed by atoms with E-state index in [2.05, 4.69) is 15.5 Å². The van der Waals surface area contributed by atoms with Crippen molar-refractivity contribution in [3.05, 3.63) is 0 Å². The predicted molar refractivity (Wildman–Crippen MR) is 50.3 cm³/mol. The van der Waals surface area contributed by atoms with Crippen LogP contribution in [0.2, 0.25) is 0 Å². The van der Waals surface area contributed by atoms with E-state index in [1.165, 1.54) is 52.1 Å². The van der Waals surface area contributed by atoms with E-state index in [1.807, 2.05) is 0 Å². The lowest BCUT2D eigenvalue weighted by atomic mass is 10.2. The van der Waals surface area contributed by atoms with Crippen LogP contribution in [0.15, 0.2) is 0 Å². The lowest BCUT2D eigenvalue weighted by Crippen LogP contribution is -2.47. The lowest BCUT2D eigenvalue weighted by molar-refractivity contribution is 0.221. The van der Waals surface area contributed by atoms with E-state index >= 15 is 0 Å². The third-order valence-electron chi connectivity index (χ3n) is 2.85. The van der Waals surface area contributed by atoms with Crippen LogP contribution in [0.4, 0.5) is 0 Å². The molecule has 0 spiro atoms. The fourth-order valence-electron chi connectivity index (χ4n) is 2.12. The molecule has 0 bridgehead atoms. The van der Waals surface area contributed by atoms with Crippen LogP contribution >= 0.6 is 0 Å². The Morgan fingerprint density at radius 3 is 2.67 bits per heavy atom. The summed E-state index contributed by atoms with van der Waals surface area (Å²) in [5.74, 6) is 0. The molecule has 0 saturated carbocycles.